The van der Waals surface area contributed by atoms with E-state index in [2.05, 4.69) is 24.1 Å². The molecule has 3 rings (SSSR count). The van der Waals surface area contributed by atoms with E-state index in [1.165, 1.54) is 0 Å². The summed E-state index contributed by atoms with van der Waals surface area (Å²) in [6.45, 7) is 6.09. The minimum atomic E-state index is -3.02. The van der Waals surface area contributed by atoms with Gasteiger partial charge in [-0.25, -0.2) is 8.42 Å². The number of amides is 1. The smallest absolute Gasteiger partial charge is 0.223 e. The Kier molecular flexibility index (Phi) is 3.36. The van der Waals surface area contributed by atoms with Crippen LogP contribution in [-0.2, 0) is 14.6 Å². The van der Waals surface area contributed by atoms with Crippen molar-refractivity contribution in [1.82, 2.24) is 10.2 Å². The quantitative estimate of drug-likeness (QED) is 0.820. The van der Waals surface area contributed by atoms with Crippen LogP contribution in [0.5, 0.6) is 0 Å². The largest absolute Gasteiger partial charge is 0.350 e. The van der Waals surface area contributed by atoms with E-state index in [1.54, 1.807) is 0 Å². The Morgan fingerprint density at radius 3 is 2.35 bits per heavy atom. The molecule has 20 heavy (non-hydrogen) atoms. The third-order valence-corrected chi connectivity index (χ3v) is 6.81. The Morgan fingerprint density at radius 2 is 1.80 bits per heavy atom. The zero-order chi connectivity index (χ0) is 14.5. The van der Waals surface area contributed by atoms with Crippen LogP contribution >= 0.6 is 0 Å². The summed E-state index contributed by atoms with van der Waals surface area (Å²) in [5.41, 5.74) is 0.0880. The molecule has 114 valence electrons. The number of hydrogen-bond donors (Lipinski definition) is 1. The van der Waals surface area contributed by atoms with Gasteiger partial charge in [-0.3, -0.25) is 9.69 Å². The lowest BCUT2D eigenvalue weighted by molar-refractivity contribution is -0.123. The fourth-order valence-electron chi connectivity index (χ4n) is 3.60. The van der Waals surface area contributed by atoms with Gasteiger partial charge in [-0.1, -0.05) is 13.8 Å². The molecule has 0 aromatic carbocycles. The molecule has 6 heteroatoms. The zero-order valence-corrected chi connectivity index (χ0v) is 13.1. The first-order chi connectivity index (χ1) is 9.28. The van der Waals surface area contributed by atoms with Crippen molar-refractivity contribution in [2.24, 2.45) is 11.3 Å². The molecule has 1 amide bonds. The standard InChI is InChI=1S/C14H24N2O3S/c1-14(2)7-10(14)13(17)15-11-8-20(18,19)9-12(11)16-5-3-4-6-16/h10-12H,3-9H2,1-2H3,(H,15,17). The summed E-state index contributed by atoms with van der Waals surface area (Å²) in [6.07, 6.45) is 3.17. The maximum absolute atomic E-state index is 12.2. The number of likely N-dealkylation sites (tertiary alicyclic amines) is 1. The van der Waals surface area contributed by atoms with Crippen LogP contribution in [0.4, 0.5) is 0 Å². The summed E-state index contributed by atoms with van der Waals surface area (Å²) < 4.78 is 23.8. The second kappa shape index (κ2) is 4.70. The Labute approximate surface area is 121 Å². The first-order valence-electron chi connectivity index (χ1n) is 7.53. The lowest BCUT2D eigenvalue weighted by Crippen LogP contribution is -2.50. The van der Waals surface area contributed by atoms with Crippen molar-refractivity contribution >= 4 is 15.7 Å². The Hall–Kier alpha value is -0.620. The summed E-state index contributed by atoms with van der Waals surface area (Å²) in [4.78, 5) is 14.5. The van der Waals surface area contributed by atoms with Crippen LogP contribution in [-0.4, -0.2) is 55.9 Å². The highest BCUT2D eigenvalue weighted by Crippen LogP contribution is 2.51. The number of nitrogens with zero attached hydrogens (tertiary/aromatic N) is 1. The first-order valence-corrected chi connectivity index (χ1v) is 9.35. The van der Waals surface area contributed by atoms with Gasteiger partial charge in [0.1, 0.15) is 0 Å². The summed E-state index contributed by atoms with van der Waals surface area (Å²) >= 11 is 0. The highest BCUT2D eigenvalue weighted by molar-refractivity contribution is 7.91. The van der Waals surface area contributed by atoms with Crippen molar-refractivity contribution in [3.05, 3.63) is 0 Å². The number of hydrogen-bond acceptors (Lipinski definition) is 4. The Morgan fingerprint density at radius 1 is 1.20 bits per heavy atom. The van der Waals surface area contributed by atoms with Crippen molar-refractivity contribution in [2.75, 3.05) is 24.6 Å². The van der Waals surface area contributed by atoms with Gasteiger partial charge in [0.2, 0.25) is 5.91 Å². The maximum atomic E-state index is 12.2. The summed E-state index contributed by atoms with van der Waals surface area (Å²) in [5.74, 6) is 0.408. The van der Waals surface area contributed by atoms with E-state index in [0.717, 1.165) is 32.4 Å². The minimum absolute atomic E-state index is 0.0201. The second-order valence-corrected chi connectivity index (χ2v) is 9.40. The molecule has 3 atom stereocenters. The van der Waals surface area contributed by atoms with Crippen LogP contribution in [0.2, 0.25) is 0 Å². The monoisotopic (exact) mass is 300 g/mol. The van der Waals surface area contributed by atoms with Gasteiger partial charge in [-0.05, 0) is 37.8 Å². The molecule has 0 aromatic rings. The van der Waals surface area contributed by atoms with Gasteiger partial charge in [-0.15, -0.1) is 0 Å². The molecule has 2 heterocycles. The van der Waals surface area contributed by atoms with Crippen LogP contribution in [0.3, 0.4) is 0 Å². The molecule has 0 bridgehead atoms. The molecular weight excluding hydrogens is 276 g/mol. The molecule has 2 aliphatic heterocycles. The zero-order valence-electron chi connectivity index (χ0n) is 12.3. The molecule has 2 saturated heterocycles. The fraction of sp³-hybridized carbons (Fsp3) is 0.929. The summed E-state index contributed by atoms with van der Waals surface area (Å²) in [5, 5.41) is 3.02. The number of rotatable bonds is 3. The van der Waals surface area contributed by atoms with Crippen LogP contribution in [0, 0.1) is 11.3 Å². The fourth-order valence-corrected chi connectivity index (χ4v) is 5.55. The second-order valence-electron chi connectivity index (χ2n) is 7.25. The Balaban J connectivity index is 1.68. The van der Waals surface area contributed by atoms with Crippen molar-refractivity contribution < 1.29 is 13.2 Å². The van der Waals surface area contributed by atoms with Gasteiger partial charge in [0, 0.05) is 12.0 Å². The molecule has 0 aromatic heterocycles. The first kappa shape index (κ1) is 14.3. The van der Waals surface area contributed by atoms with Crippen molar-refractivity contribution in [3.8, 4) is 0 Å². The SMILES string of the molecule is CC1(C)CC1C(=O)NC1CS(=O)(=O)CC1N1CCCC1. The third kappa shape index (κ3) is 2.72. The molecule has 1 saturated carbocycles. The van der Waals surface area contributed by atoms with E-state index >= 15 is 0 Å². The van der Waals surface area contributed by atoms with Crippen molar-refractivity contribution in [3.63, 3.8) is 0 Å². The minimum Gasteiger partial charge on any atom is -0.350 e. The predicted octanol–water partition coefficient (Wildman–Crippen LogP) is 0.410. The summed E-state index contributed by atoms with van der Waals surface area (Å²) in [6, 6.07) is -0.240. The molecular formula is C14H24N2O3S. The van der Waals surface area contributed by atoms with Crippen LogP contribution in [0.25, 0.3) is 0 Å². The van der Waals surface area contributed by atoms with E-state index < -0.39 is 9.84 Å². The average Bonchev–Trinajstić information content (AvgIpc) is 2.74. The molecule has 5 nitrogen and oxygen atoms in total. The van der Waals surface area contributed by atoms with Crippen LogP contribution in [0.1, 0.15) is 33.1 Å². The number of carbonyl (C=O) groups excluding carboxylic acids is 1. The number of carbonyl (C=O) groups is 1. The molecule has 1 aliphatic carbocycles. The molecule has 3 fully saturated rings. The third-order valence-electron chi connectivity index (χ3n) is 5.09. The highest BCUT2D eigenvalue weighted by Gasteiger charge is 2.52. The van der Waals surface area contributed by atoms with Crippen molar-refractivity contribution in [1.29, 1.82) is 0 Å². The summed E-state index contributed by atoms with van der Waals surface area (Å²) in [7, 11) is -3.02. The van der Waals surface area contributed by atoms with E-state index in [9.17, 15) is 13.2 Å². The molecule has 0 radical (unpaired) electrons. The van der Waals surface area contributed by atoms with Gasteiger partial charge in [0.05, 0.1) is 17.5 Å². The average molecular weight is 300 g/mol. The topological polar surface area (TPSA) is 66.5 Å². The van der Waals surface area contributed by atoms with Gasteiger partial charge >= 0.3 is 0 Å². The normalized spacial score (nSPS) is 38.8. The van der Waals surface area contributed by atoms with E-state index in [0.29, 0.717) is 0 Å². The molecule has 3 unspecified atom stereocenters. The van der Waals surface area contributed by atoms with Crippen LogP contribution in [0.15, 0.2) is 0 Å². The predicted molar refractivity (Wildman–Crippen MR) is 77.1 cm³/mol. The van der Waals surface area contributed by atoms with Gasteiger partial charge in [0.15, 0.2) is 9.84 Å². The van der Waals surface area contributed by atoms with Gasteiger partial charge in [0.25, 0.3) is 0 Å². The van der Waals surface area contributed by atoms with E-state index in [1.807, 2.05) is 0 Å². The highest BCUT2D eigenvalue weighted by atomic mass is 32.2. The Bertz CT molecular complexity index is 509. The number of sulfone groups is 1. The van der Waals surface area contributed by atoms with E-state index in [-0.39, 0.29) is 40.8 Å². The molecule has 3 aliphatic rings. The van der Waals surface area contributed by atoms with Crippen molar-refractivity contribution in [2.45, 2.75) is 45.2 Å². The molecule has 0 spiro atoms. The van der Waals surface area contributed by atoms with Gasteiger partial charge < -0.3 is 5.32 Å². The molecule has 1 N–H and O–H groups in total. The number of nitrogens with one attached hydrogen (secondary N) is 1. The lowest BCUT2D eigenvalue weighted by atomic mass is 10.1. The van der Waals surface area contributed by atoms with Crippen LogP contribution < -0.4 is 5.32 Å². The van der Waals surface area contributed by atoms with Gasteiger partial charge in [-0.2, -0.15) is 0 Å². The van der Waals surface area contributed by atoms with E-state index in [4.69, 9.17) is 0 Å². The maximum Gasteiger partial charge on any atom is 0.223 e. The lowest BCUT2D eigenvalue weighted by Gasteiger charge is -2.28.